The maximum Gasteiger partial charge on any atom is 0.107 e. The average Bonchev–Trinajstić information content (AvgIpc) is 2.60. The third-order valence-corrected chi connectivity index (χ3v) is 3.92. The van der Waals surface area contributed by atoms with Gasteiger partial charge in [-0.3, -0.25) is 0 Å². The van der Waals surface area contributed by atoms with Gasteiger partial charge in [-0.25, -0.2) is 4.98 Å². The summed E-state index contributed by atoms with van der Waals surface area (Å²) < 4.78 is 1.27. The minimum atomic E-state index is 0.428. The standard InChI is InChI=1S/C8H11IN2S/c1-8(2-3-8)11-5-7-10-4-6(9)12-7/h4,11H,2-3,5H2,1H3. The van der Waals surface area contributed by atoms with Gasteiger partial charge in [0.25, 0.3) is 0 Å². The van der Waals surface area contributed by atoms with Crippen LogP contribution in [0.3, 0.4) is 0 Å². The molecule has 2 rings (SSSR count). The van der Waals surface area contributed by atoms with E-state index in [1.165, 1.54) is 20.7 Å². The fourth-order valence-corrected chi connectivity index (χ4v) is 2.51. The van der Waals surface area contributed by atoms with Crippen molar-refractivity contribution < 1.29 is 0 Å². The first-order valence-electron chi connectivity index (χ1n) is 4.03. The molecule has 0 saturated heterocycles. The molecule has 1 aromatic rings. The molecule has 1 fully saturated rings. The Labute approximate surface area is 89.9 Å². The first-order chi connectivity index (χ1) is 5.68. The van der Waals surface area contributed by atoms with E-state index in [0.717, 1.165) is 6.54 Å². The smallest absolute Gasteiger partial charge is 0.107 e. The van der Waals surface area contributed by atoms with E-state index in [2.05, 4.69) is 39.8 Å². The molecule has 12 heavy (non-hydrogen) atoms. The Hall–Kier alpha value is 0.320. The third kappa shape index (κ3) is 2.17. The van der Waals surface area contributed by atoms with Gasteiger partial charge in [0.15, 0.2) is 0 Å². The highest BCUT2D eigenvalue weighted by molar-refractivity contribution is 14.1. The van der Waals surface area contributed by atoms with Gasteiger partial charge in [0.2, 0.25) is 0 Å². The normalized spacial score (nSPS) is 19.5. The number of hydrogen-bond acceptors (Lipinski definition) is 3. The molecule has 0 spiro atoms. The maximum absolute atomic E-state index is 4.30. The highest BCUT2D eigenvalue weighted by atomic mass is 127. The summed E-state index contributed by atoms with van der Waals surface area (Å²) in [7, 11) is 0. The van der Waals surface area contributed by atoms with Gasteiger partial charge in [-0.1, -0.05) is 0 Å². The lowest BCUT2D eigenvalue weighted by Gasteiger charge is -2.08. The Morgan fingerprint density at radius 1 is 1.75 bits per heavy atom. The fraction of sp³-hybridized carbons (Fsp3) is 0.625. The number of halogens is 1. The molecule has 0 amide bonds. The van der Waals surface area contributed by atoms with E-state index in [9.17, 15) is 0 Å². The Morgan fingerprint density at radius 3 is 3.00 bits per heavy atom. The van der Waals surface area contributed by atoms with Crippen LogP contribution in [0, 0.1) is 2.88 Å². The summed E-state index contributed by atoms with van der Waals surface area (Å²) in [5.74, 6) is 0. The fourth-order valence-electron chi connectivity index (χ4n) is 1.02. The summed E-state index contributed by atoms with van der Waals surface area (Å²) in [6, 6.07) is 0. The predicted octanol–water partition coefficient (Wildman–Crippen LogP) is 2.39. The van der Waals surface area contributed by atoms with Crippen molar-refractivity contribution >= 4 is 33.9 Å². The largest absolute Gasteiger partial charge is 0.305 e. The first kappa shape index (κ1) is 8.90. The number of aromatic nitrogens is 1. The summed E-state index contributed by atoms with van der Waals surface area (Å²) >= 11 is 4.07. The van der Waals surface area contributed by atoms with E-state index in [0.29, 0.717) is 5.54 Å². The van der Waals surface area contributed by atoms with Gasteiger partial charge in [-0.15, -0.1) is 11.3 Å². The van der Waals surface area contributed by atoms with Crippen molar-refractivity contribution in [3.63, 3.8) is 0 Å². The first-order valence-corrected chi connectivity index (χ1v) is 5.93. The van der Waals surface area contributed by atoms with Crippen molar-refractivity contribution in [1.82, 2.24) is 10.3 Å². The Balaban J connectivity index is 1.87. The quantitative estimate of drug-likeness (QED) is 0.866. The second kappa shape index (κ2) is 3.23. The molecule has 1 heterocycles. The van der Waals surface area contributed by atoms with E-state index >= 15 is 0 Å². The maximum atomic E-state index is 4.30. The van der Waals surface area contributed by atoms with Gasteiger partial charge in [0.05, 0.1) is 9.08 Å². The van der Waals surface area contributed by atoms with Crippen LogP contribution in [0.1, 0.15) is 24.8 Å². The molecule has 1 N–H and O–H groups in total. The number of nitrogens with zero attached hydrogens (tertiary/aromatic N) is 1. The van der Waals surface area contributed by atoms with Crippen molar-refractivity contribution in [2.75, 3.05) is 0 Å². The van der Waals surface area contributed by atoms with Crippen molar-refractivity contribution in [3.8, 4) is 0 Å². The van der Waals surface area contributed by atoms with Crippen molar-refractivity contribution in [2.45, 2.75) is 31.8 Å². The van der Waals surface area contributed by atoms with Gasteiger partial charge < -0.3 is 5.32 Å². The van der Waals surface area contributed by atoms with Crippen LogP contribution in [0.2, 0.25) is 0 Å². The summed E-state index contributed by atoms with van der Waals surface area (Å²) in [5, 5.41) is 4.71. The lowest BCUT2D eigenvalue weighted by molar-refractivity contribution is 0.536. The number of nitrogens with one attached hydrogen (secondary N) is 1. The second-order valence-corrected chi connectivity index (χ2v) is 6.48. The molecule has 0 radical (unpaired) electrons. The lowest BCUT2D eigenvalue weighted by Crippen LogP contribution is -2.26. The Kier molecular flexibility index (Phi) is 2.39. The molecule has 0 aromatic carbocycles. The van der Waals surface area contributed by atoms with Gasteiger partial charge in [-0.05, 0) is 42.4 Å². The monoisotopic (exact) mass is 294 g/mol. The lowest BCUT2D eigenvalue weighted by atomic mass is 10.3. The van der Waals surface area contributed by atoms with Gasteiger partial charge >= 0.3 is 0 Å². The topological polar surface area (TPSA) is 24.9 Å². The van der Waals surface area contributed by atoms with Crippen LogP contribution in [0.4, 0.5) is 0 Å². The van der Waals surface area contributed by atoms with Crippen LogP contribution in [0.15, 0.2) is 6.20 Å². The molecule has 1 aromatic heterocycles. The molecular weight excluding hydrogens is 283 g/mol. The SMILES string of the molecule is CC1(NCc2ncc(I)s2)CC1. The van der Waals surface area contributed by atoms with Crippen molar-refractivity contribution in [1.29, 1.82) is 0 Å². The molecule has 1 saturated carbocycles. The number of rotatable bonds is 3. The molecule has 0 aliphatic heterocycles. The van der Waals surface area contributed by atoms with Crippen LogP contribution in [0.25, 0.3) is 0 Å². The highest BCUT2D eigenvalue weighted by Crippen LogP contribution is 2.34. The molecule has 1 aliphatic rings. The highest BCUT2D eigenvalue weighted by Gasteiger charge is 2.36. The van der Waals surface area contributed by atoms with Crippen LogP contribution in [0.5, 0.6) is 0 Å². The summed E-state index contributed by atoms with van der Waals surface area (Å²) in [5.41, 5.74) is 0.428. The minimum Gasteiger partial charge on any atom is -0.305 e. The zero-order valence-electron chi connectivity index (χ0n) is 6.93. The van der Waals surface area contributed by atoms with E-state index in [-0.39, 0.29) is 0 Å². The van der Waals surface area contributed by atoms with Crippen LogP contribution in [-0.4, -0.2) is 10.5 Å². The third-order valence-electron chi connectivity index (χ3n) is 2.19. The Morgan fingerprint density at radius 2 is 2.50 bits per heavy atom. The van der Waals surface area contributed by atoms with Crippen LogP contribution in [-0.2, 0) is 6.54 Å². The van der Waals surface area contributed by atoms with E-state index < -0.39 is 0 Å². The second-order valence-electron chi connectivity index (χ2n) is 3.47. The van der Waals surface area contributed by atoms with Gasteiger partial charge in [0.1, 0.15) is 5.01 Å². The van der Waals surface area contributed by atoms with E-state index in [1.807, 2.05) is 6.20 Å². The predicted molar refractivity (Wildman–Crippen MR) is 59.3 cm³/mol. The zero-order valence-corrected chi connectivity index (χ0v) is 9.91. The summed E-state index contributed by atoms with van der Waals surface area (Å²) in [6.07, 6.45) is 4.56. The Bertz CT molecular complexity index is 280. The molecule has 1 aliphatic carbocycles. The zero-order chi connectivity index (χ0) is 8.60. The van der Waals surface area contributed by atoms with Gasteiger partial charge in [0, 0.05) is 12.1 Å². The molecule has 2 nitrogen and oxygen atoms in total. The molecule has 0 atom stereocenters. The van der Waals surface area contributed by atoms with Crippen molar-refractivity contribution in [3.05, 3.63) is 14.1 Å². The average molecular weight is 294 g/mol. The minimum absolute atomic E-state index is 0.428. The molecule has 0 unspecified atom stereocenters. The van der Waals surface area contributed by atoms with Crippen LogP contribution < -0.4 is 5.32 Å². The molecular formula is C8H11IN2S. The van der Waals surface area contributed by atoms with Crippen LogP contribution >= 0.6 is 33.9 Å². The molecule has 66 valence electrons. The molecule has 0 bridgehead atoms. The van der Waals surface area contributed by atoms with Crippen molar-refractivity contribution in [2.24, 2.45) is 0 Å². The summed E-state index contributed by atoms with van der Waals surface area (Å²) in [4.78, 5) is 4.30. The number of hydrogen-bond donors (Lipinski definition) is 1. The number of thiazole rings is 1. The molecule has 4 heteroatoms. The van der Waals surface area contributed by atoms with E-state index in [1.54, 1.807) is 11.3 Å². The summed E-state index contributed by atoms with van der Waals surface area (Å²) in [6.45, 7) is 3.20. The van der Waals surface area contributed by atoms with E-state index in [4.69, 9.17) is 0 Å². The van der Waals surface area contributed by atoms with Gasteiger partial charge in [-0.2, -0.15) is 0 Å².